The summed E-state index contributed by atoms with van der Waals surface area (Å²) in [5.74, 6) is 0. The Morgan fingerprint density at radius 1 is 1.50 bits per heavy atom. The lowest BCUT2D eigenvalue weighted by atomic mass is 10.1. The van der Waals surface area contributed by atoms with Crippen LogP contribution in [-0.2, 0) is 14.8 Å². The van der Waals surface area contributed by atoms with Gasteiger partial charge < -0.3 is 9.72 Å². The first-order valence-electron chi connectivity index (χ1n) is 5.11. The van der Waals surface area contributed by atoms with Gasteiger partial charge >= 0.3 is 0 Å². The highest BCUT2D eigenvalue weighted by atomic mass is 35.5. The molecular weight excluding hydrogens is 280 g/mol. The highest BCUT2D eigenvalue weighted by molar-refractivity contribution is 7.89. The average Bonchev–Trinajstić information content (AvgIpc) is 2.30. The molecule has 1 rings (SSSR count). The summed E-state index contributed by atoms with van der Waals surface area (Å²) < 4.78 is 31.3. The molecule has 102 valence electrons. The number of halogens is 1. The van der Waals surface area contributed by atoms with Crippen LogP contribution in [0.3, 0.4) is 0 Å². The number of sulfonamides is 1. The molecule has 0 saturated heterocycles. The maximum Gasteiger partial charge on any atom is 0.266 e. The van der Waals surface area contributed by atoms with Crippen LogP contribution in [0.25, 0.3) is 0 Å². The molecule has 18 heavy (non-hydrogen) atoms. The second kappa shape index (κ2) is 5.40. The van der Waals surface area contributed by atoms with E-state index in [1.165, 1.54) is 7.11 Å². The molecule has 0 aromatic carbocycles. The maximum absolute atomic E-state index is 11.9. The van der Waals surface area contributed by atoms with Crippen molar-refractivity contribution in [3.8, 4) is 0 Å². The molecule has 0 fully saturated rings. The third-order valence-corrected chi connectivity index (χ3v) is 4.04. The Morgan fingerprint density at radius 2 is 2.11 bits per heavy atom. The predicted molar refractivity (Wildman–Crippen MR) is 68.3 cm³/mol. The topological polar surface area (TPSA) is 88.3 Å². The number of rotatable bonds is 5. The summed E-state index contributed by atoms with van der Waals surface area (Å²) in [6.45, 7) is 3.59. The van der Waals surface area contributed by atoms with Crippen molar-refractivity contribution in [1.82, 2.24) is 9.71 Å². The molecule has 1 heterocycles. The number of hydrogen-bond acceptors (Lipinski definition) is 4. The fourth-order valence-electron chi connectivity index (χ4n) is 1.02. The Hall–Kier alpha value is -0.890. The number of ether oxygens (including phenoxy) is 1. The van der Waals surface area contributed by atoms with Crippen molar-refractivity contribution >= 4 is 21.6 Å². The predicted octanol–water partition coefficient (Wildman–Crippen LogP) is 0.732. The van der Waals surface area contributed by atoms with Crippen molar-refractivity contribution in [2.24, 2.45) is 0 Å². The number of aromatic nitrogens is 1. The van der Waals surface area contributed by atoms with Gasteiger partial charge in [-0.3, -0.25) is 4.79 Å². The minimum Gasteiger partial charge on any atom is -0.377 e. The fourth-order valence-corrected chi connectivity index (χ4v) is 2.45. The SMILES string of the molecule is COC(C)(C)CNS(=O)(=O)c1c[nH]c(=O)c(Cl)c1. The smallest absolute Gasteiger partial charge is 0.266 e. The zero-order valence-electron chi connectivity index (χ0n) is 10.3. The van der Waals surface area contributed by atoms with Gasteiger partial charge in [-0.2, -0.15) is 0 Å². The monoisotopic (exact) mass is 294 g/mol. The van der Waals surface area contributed by atoms with Crippen LogP contribution in [0.1, 0.15) is 13.8 Å². The summed E-state index contributed by atoms with van der Waals surface area (Å²) >= 11 is 5.58. The number of hydrogen-bond donors (Lipinski definition) is 2. The van der Waals surface area contributed by atoms with Crippen LogP contribution in [0.5, 0.6) is 0 Å². The molecule has 0 unspecified atom stereocenters. The fraction of sp³-hybridized carbons (Fsp3) is 0.500. The highest BCUT2D eigenvalue weighted by Crippen LogP contribution is 2.12. The number of H-pyrrole nitrogens is 1. The summed E-state index contributed by atoms with van der Waals surface area (Å²) in [7, 11) is -2.24. The standard InChI is InChI=1S/C10H15ClN2O4S/c1-10(2,17-3)6-13-18(15,16)7-4-8(11)9(14)12-5-7/h4-5,13H,6H2,1-3H3,(H,12,14). The quantitative estimate of drug-likeness (QED) is 0.838. The second-order valence-corrected chi connectivity index (χ2v) is 6.47. The minimum absolute atomic E-state index is 0.0981. The Labute approximate surface area is 110 Å². The molecule has 0 spiro atoms. The molecule has 0 amide bonds. The lowest BCUT2D eigenvalue weighted by Crippen LogP contribution is -2.39. The molecule has 0 aliphatic heterocycles. The Kier molecular flexibility index (Phi) is 4.55. The van der Waals surface area contributed by atoms with Crippen LogP contribution in [0.15, 0.2) is 22.0 Å². The van der Waals surface area contributed by atoms with Gasteiger partial charge in [0.2, 0.25) is 10.0 Å². The van der Waals surface area contributed by atoms with Gasteiger partial charge in [0.25, 0.3) is 5.56 Å². The van der Waals surface area contributed by atoms with Gasteiger partial charge in [-0.05, 0) is 19.9 Å². The van der Waals surface area contributed by atoms with Gasteiger partial charge in [0.05, 0.1) is 10.5 Å². The van der Waals surface area contributed by atoms with E-state index in [-0.39, 0.29) is 16.5 Å². The number of pyridine rings is 1. The van der Waals surface area contributed by atoms with Gasteiger partial charge in [0, 0.05) is 19.9 Å². The van der Waals surface area contributed by atoms with Crippen LogP contribution in [0, 0.1) is 0 Å². The normalized spacial score (nSPS) is 12.7. The summed E-state index contributed by atoms with van der Waals surface area (Å²) in [5.41, 5.74) is -1.16. The van der Waals surface area contributed by atoms with Crippen molar-refractivity contribution < 1.29 is 13.2 Å². The molecular formula is C10H15ClN2O4S. The van der Waals surface area contributed by atoms with E-state index in [0.29, 0.717) is 0 Å². The molecule has 0 aliphatic rings. The van der Waals surface area contributed by atoms with Crippen molar-refractivity contribution in [3.63, 3.8) is 0 Å². The summed E-state index contributed by atoms with van der Waals surface area (Å²) in [4.78, 5) is 13.2. The van der Waals surface area contributed by atoms with Crippen molar-refractivity contribution in [2.75, 3.05) is 13.7 Å². The summed E-state index contributed by atoms with van der Waals surface area (Å²) in [6.07, 6.45) is 1.09. The van der Waals surface area contributed by atoms with Crippen molar-refractivity contribution in [1.29, 1.82) is 0 Å². The van der Waals surface area contributed by atoms with Crippen LogP contribution in [-0.4, -0.2) is 32.7 Å². The van der Waals surface area contributed by atoms with E-state index in [0.717, 1.165) is 12.3 Å². The van der Waals surface area contributed by atoms with E-state index >= 15 is 0 Å². The maximum atomic E-state index is 11.9. The lowest BCUT2D eigenvalue weighted by molar-refractivity contribution is 0.0276. The first-order chi connectivity index (χ1) is 8.18. The van der Waals surface area contributed by atoms with Crippen LogP contribution in [0.2, 0.25) is 5.02 Å². The first kappa shape index (κ1) is 15.2. The largest absolute Gasteiger partial charge is 0.377 e. The number of methoxy groups -OCH3 is 1. The molecule has 0 bridgehead atoms. The van der Waals surface area contributed by atoms with Gasteiger partial charge in [0.1, 0.15) is 5.02 Å². The van der Waals surface area contributed by atoms with Gasteiger partial charge in [-0.25, -0.2) is 13.1 Å². The van der Waals surface area contributed by atoms with Crippen LogP contribution < -0.4 is 10.3 Å². The van der Waals surface area contributed by atoms with Crippen LogP contribution >= 0.6 is 11.6 Å². The summed E-state index contributed by atoms with van der Waals surface area (Å²) in [5, 5.41) is -0.177. The molecule has 6 nitrogen and oxygen atoms in total. The first-order valence-corrected chi connectivity index (χ1v) is 6.97. The van der Waals surface area contributed by atoms with E-state index in [1.54, 1.807) is 13.8 Å². The van der Waals surface area contributed by atoms with Gasteiger partial charge in [-0.15, -0.1) is 0 Å². The second-order valence-electron chi connectivity index (χ2n) is 4.30. The van der Waals surface area contributed by atoms with E-state index in [4.69, 9.17) is 16.3 Å². The van der Waals surface area contributed by atoms with E-state index in [9.17, 15) is 13.2 Å². The van der Waals surface area contributed by atoms with Crippen molar-refractivity contribution in [3.05, 3.63) is 27.6 Å². The van der Waals surface area contributed by atoms with E-state index in [2.05, 4.69) is 9.71 Å². The molecule has 8 heteroatoms. The zero-order chi connectivity index (χ0) is 14.0. The van der Waals surface area contributed by atoms with Crippen molar-refractivity contribution in [2.45, 2.75) is 24.3 Å². The molecule has 0 aliphatic carbocycles. The lowest BCUT2D eigenvalue weighted by Gasteiger charge is -2.22. The molecule has 2 N–H and O–H groups in total. The average molecular weight is 295 g/mol. The molecule has 0 radical (unpaired) electrons. The molecule has 1 aromatic heterocycles. The highest BCUT2D eigenvalue weighted by Gasteiger charge is 2.22. The van der Waals surface area contributed by atoms with E-state index in [1.807, 2.05) is 0 Å². The van der Waals surface area contributed by atoms with Gasteiger partial charge in [-0.1, -0.05) is 11.6 Å². The Morgan fingerprint density at radius 3 is 2.61 bits per heavy atom. The number of nitrogens with one attached hydrogen (secondary N) is 2. The molecule has 1 aromatic rings. The van der Waals surface area contributed by atoms with Gasteiger partial charge in [0.15, 0.2) is 0 Å². The summed E-state index contributed by atoms with van der Waals surface area (Å²) in [6, 6.07) is 1.10. The van der Waals surface area contributed by atoms with Crippen LogP contribution in [0.4, 0.5) is 0 Å². The Balaban J connectivity index is 2.94. The third kappa shape index (κ3) is 3.81. The zero-order valence-corrected chi connectivity index (χ0v) is 11.9. The van der Waals surface area contributed by atoms with E-state index < -0.39 is 21.2 Å². The number of aromatic amines is 1. The minimum atomic E-state index is -3.73. The molecule has 0 saturated carbocycles. The third-order valence-electron chi connectivity index (χ3n) is 2.38. The molecule has 0 atom stereocenters. The Bertz CT molecular complexity index is 580.